The van der Waals surface area contributed by atoms with Gasteiger partial charge in [-0.3, -0.25) is 9.69 Å². The SMILES string of the molecule is O=C1C(=Cc2cc(Br)ccc2OCc2ccccc2Cl)SC(=S)N1Cc1ccccc1. The van der Waals surface area contributed by atoms with Gasteiger partial charge in [-0.1, -0.05) is 100 Å². The minimum atomic E-state index is -0.101. The molecule has 0 bridgehead atoms. The third kappa shape index (κ3) is 5.39. The van der Waals surface area contributed by atoms with Crippen LogP contribution in [-0.4, -0.2) is 15.1 Å². The van der Waals surface area contributed by atoms with Crippen LogP contribution in [-0.2, 0) is 17.9 Å². The highest BCUT2D eigenvalue weighted by Gasteiger charge is 2.32. The van der Waals surface area contributed by atoms with Gasteiger partial charge in [0.15, 0.2) is 0 Å². The molecule has 1 saturated heterocycles. The fraction of sp³-hybridized carbons (Fsp3) is 0.0833. The van der Waals surface area contributed by atoms with Gasteiger partial charge in [-0.05, 0) is 35.9 Å². The van der Waals surface area contributed by atoms with Crippen LogP contribution in [0.2, 0.25) is 5.02 Å². The van der Waals surface area contributed by atoms with Crippen molar-refractivity contribution in [3.63, 3.8) is 0 Å². The van der Waals surface area contributed by atoms with Crippen LogP contribution in [0.4, 0.5) is 0 Å². The Kier molecular flexibility index (Phi) is 7.13. The van der Waals surface area contributed by atoms with E-state index in [0.717, 1.165) is 21.2 Å². The second-order valence-electron chi connectivity index (χ2n) is 6.82. The van der Waals surface area contributed by atoms with Gasteiger partial charge in [0, 0.05) is 20.6 Å². The van der Waals surface area contributed by atoms with Gasteiger partial charge in [-0.25, -0.2) is 0 Å². The number of benzene rings is 3. The first-order valence-corrected chi connectivity index (χ1v) is 11.9. The molecule has 7 heteroatoms. The number of halogens is 2. The molecule has 3 aromatic carbocycles. The average Bonchev–Trinajstić information content (AvgIpc) is 3.02. The Hall–Kier alpha value is -2.12. The van der Waals surface area contributed by atoms with E-state index < -0.39 is 0 Å². The summed E-state index contributed by atoms with van der Waals surface area (Å²) in [7, 11) is 0. The fourth-order valence-corrected chi connectivity index (χ4v) is 4.89. The zero-order chi connectivity index (χ0) is 21.8. The Morgan fingerprint density at radius 3 is 2.58 bits per heavy atom. The molecule has 3 aromatic rings. The van der Waals surface area contributed by atoms with Crippen molar-refractivity contribution in [2.75, 3.05) is 0 Å². The molecule has 156 valence electrons. The highest BCUT2D eigenvalue weighted by atomic mass is 79.9. The van der Waals surface area contributed by atoms with Crippen LogP contribution in [0.5, 0.6) is 5.75 Å². The molecule has 1 aliphatic heterocycles. The number of hydrogen-bond acceptors (Lipinski definition) is 4. The molecule has 0 saturated carbocycles. The van der Waals surface area contributed by atoms with Gasteiger partial charge >= 0.3 is 0 Å². The first-order valence-electron chi connectivity index (χ1n) is 9.46. The molecule has 4 rings (SSSR count). The lowest BCUT2D eigenvalue weighted by molar-refractivity contribution is -0.122. The Morgan fingerprint density at radius 1 is 1.06 bits per heavy atom. The van der Waals surface area contributed by atoms with E-state index in [4.69, 9.17) is 28.6 Å². The van der Waals surface area contributed by atoms with E-state index in [1.54, 1.807) is 4.90 Å². The fourth-order valence-electron chi connectivity index (χ4n) is 3.08. The van der Waals surface area contributed by atoms with Crippen molar-refractivity contribution in [2.24, 2.45) is 0 Å². The van der Waals surface area contributed by atoms with Crippen LogP contribution in [0.3, 0.4) is 0 Å². The molecule has 1 amide bonds. The van der Waals surface area contributed by atoms with Crippen molar-refractivity contribution >= 4 is 67.8 Å². The summed E-state index contributed by atoms with van der Waals surface area (Å²) in [6, 6.07) is 23.1. The van der Waals surface area contributed by atoms with Crippen molar-refractivity contribution in [3.05, 3.63) is 104 Å². The van der Waals surface area contributed by atoms with Crippen LogP contribution in [0.25, 0.3) is 6.08 Å². The average molecular weight is 531 g/mol. The summed E-state index contributed by atoms with van der Waals surface area (Å²) >= 11 is 16.5. The van der Waals surface area contributed by atoms with Crippen molar-refractivity contribution in [1.82, 2.24) is 4.90 Å². The van der Waals surface area contributed by atoms with Crippen molar-refractivity contribution in [2.45, 2.75) is 13.2 Å². The molecule has 31 heavy (non-hydrogen) atoms. The summed E-state index contributed by atoms with van der Waals surface area (Å²) in [6.07, 6.45) is 1.83. The zero-order valence-corrected chi connectivity index (χ0v) is 20.2. The van der Waals surface area contributed by atoms with Crippen LogP contribution >= 0.6 is 51.5 Å². The van der Waals surface area contributed by atoms with Crippen molar-refractivity contribution < 1.29 is 9.53 Å². The summed E-state index contributed by atoms with van der Waals surface area (Å²) in [4.78, 5) is 15.2. The Balaban J connectivity index is 1.56. The Morgan fingerprint density at radius 2 is 1.81 bits per heavy atom. The Labute approximate surface area is 204 Å². The minimum Gasteiger partial charge on any atom is -0.488 e. The van der Waals surface area contributed by atoms with Gasteiger partial charge in [0.2, 0.25) is 0 Å². The molecule has 1 heterocycles. The third-order valence-corrected chi connectivity index (χ3v) is 6.90. The monoisotopic (exact) mass is 529 g/mol. The van der Waals surface area contributed by atoms with Gasteiger partial charge in [-0.2, -0.15) is 0 Å². The lowest BCUT2D eigenvalue weighted by atomic mass is 10.1. The largest absolute Gasteiger partial charge is 0.488 e. The first kappa shape index (κ1) is 22.1. The number of rotatable bonds is 6. The van der Waals surface area contributed by atoms with Gasteiger partial charge in [0.05, 0.1) is 11.4 Å². The molecule has 0 N–H and O–H groups in total. The normalized spacial score (nSPS) is 15.0. The molecular weight excluding hydrogens is 514 g/mol. The van der Waals surface area contributed by atoms with Gasteiger partial charge in [0.25, 0.3) is 5.91 Å². The standard InChI is InChI=1S/C24H17BrClNO2S2/c25-19-10-11-21(29-15-17-8-4-5-9-20(17)26)18(12-19)13-22-23(28)27(24(30)31-22)14-16-6-2-1-3-7-16/h1-13H,14-15H2. The number of carbonyl (C=O) groups is 1. The maximum absolute atomic E-state index is 13.0. The maximum atomic E-state index is 13.0. The lowest BCUT2D eigenvalue weighted by Gasteiger charge is -2.14. The quantitative estimate of drug-likeness (QED) is 0.251. The molecule has 0 spiro atoms. The zero-order valence-electron chi connectivity index (χ0n) is 16.3. The van der Waals surface area contributed by atoms with E-state index in [-0.39, 0.29) is 5.91 Å². The molecular formula is C24H17BrClNO2S2. The highest BCUT2D eigenvalue weighted by molar-refractivity contribution is 9.10. The van der Waals surface area contributed by atoms with E-state index in [2.05, 4.69) is 15.9 Å². The second-order valence-corrected chi connectivity index (χ2v) is 9.81. The molecule has 1 fully saturated rings. The molecule has 0 radical (unpaired) electrons. The van der Waals surface area contributed by atoms with E-state index in [9.17, 15) is 4.79 Å². The van der Waals surface area contributed by atoms with Crippen molar-refractivity contribution in [3.8, 4) is 5.75 Å². The van der Waals surface area contributed by atoms with Crippen LogP contribution in [0.1, 0.15) is 16.7 Å². The van der Waals surface area contributed by atoms with Crippen LogP contribution in [0, 0.1) is 0 Å². The third-order valence-electron chi connectivity index (χ3n) is 4.66. The summed E-state index contributed by atoms with van der Waals surface area (Å²) < 4.78 is 7.48. The summed E-state index contributed by atoms with van der Waals surface area (Å²) in [6.45, 7) is 0.786. The number of thiocarbonyl (C=S) groups is 1. The molecule has 0 aromatic heterocycles. The number of ether oxygens (including phenoxy) is 1. The lowest BCUT2D eigenvalue weighted by Crippen LogP contribution is -2.27. The molecule has 0 atom stereocenters. The van der Waals surface area contributed by atoms with Gasteiger partial charge in [0.1, 0.15) is 16.7 Å². The van der Waals surface area contributed by atoms with E-state index >= 15 is 0 Å². The minimum absolute atomic E-state index is 0.101. The van der Waals surface area contributed by atoms with Gasteiger partial charge < -0.3 is 4.74 Å². The number of hydrogen-bond donors (Lipinski definition) is 0. The summed E-state index contributed by atoms with van der Waals surface area (Å²) in [5.41, 5.74) is 2.72. The topological polar surface area (TPSA) is 29.5 Å². The number of amides is 1. The van der Waals surface area contributed by atoms with E-state index in [1.807, 2.05) is 78.9 Å². The predicted molar refractivity (Wildman–Crippen MR) is 135 cm³/mol. The highest BCUT2D eigenvalue weighted by Crippen LogP contribution is 2.36. The summed E-state index contributed by atoms with van der Waals surface area (Å²) in [5, 5.41) is 0.656. The molecule has 3 nitrogen and oxygen atoms in total. The molecule has 1 aliphatic rings. The molecule has 0 unspecified atom stereocenters. The van der Waals surface area contributed by atoms with Crippen LogP contribution in [0.15, 0.2) is 82.2 Å². The van der Waals surface area contributed by atoms with Gasteiger partial charge in [-0.15, -0.1) is 0 Å². The molecule has 0 aliphatic carbocycles. The van der Waals surface area contributed by atoms with E-state index in [0.29, 0.717) is 33.1 Å². The number of nitrogens with zero attached hydrogens (tertiary/aromatic N) is 1. The first-order chi connectivity index (χ1) is 15.0. The van der Waals surface area contributed by atoms with E-state index in [1.165, 1.54) is 11.8 Å². The van der Waals surface area contributed by atoms with Crippen LogP contribution < -0.4 is 4.74 Å². The van der Waals surface area contributed by atoms with Crippen molar-refractivity contribution in [1.29, 1.82) is 0 Å². The number of carbonyl (C=O) groups excluding carboxylic acids is 1. The smallest absolute Gasteiger partial charge is 0.266 e. The summed E-state index contributed by atoms with van der Waals surface area (Å²) in [5.74, 6) is 0.562. The predicted octanol–water partition coefficient (Wildman–Crippen LogP) is 7.08. The maximum Gasteiger partial charge on any atom is 0.266 e. The number of thioether (sulfide) groups is 1. The second kappa shape index (κ2) is 10.0. The Bertz CT molecular complexity index is 1170.